The Balaban J connectivity index is 1.05. The molecular weight excluding hydrogens is 910 g/mol. The van der Waals surface area contributed by atoms with Crippen LogP contribution in [0.15, 0.2) is 194 Å². The smallest absolute Gasteiger partial charge is 0.252 e. The molecule has 75 heavy (non-hydrogen) atoms. The van der Waals surface area contributed by atoms with Crippen molar-refractivity contribution < 1.29 is 0 Å². The van der Waals surface area contributed by atoms with Crippen molar-refractivity contribution in [3.05, 3.63) is 205 Å². The Kier molecular flexibility index (Phi) is 9.83. The molecule has 5 nitrogen and oxygen atoms in total. The van der Waals surface area contributed by atoms with Gasteiger partial charge in [0.2, 0.25) is 0 Å². The van der Waals surface area contributed by atoms with Crippen LogP contribution < -0.4 is 16.4 Å². The van der Waals surface area contributed by atoms with E-state index >= 15 is 0 Å². The van der Waals surface area contributed by atoms with Crippen LogP contribution in [-0.4, -0.2) is 30.8 Å². The molecule has 0 unspecified atom stereocenters. The lowest BCUT2D eigenvalue weighted by atomic mass is 9.34. The third-order valence-corrected chi connectivity index (χ3v) is 17.7. The summed E-state index contributed by atoms with van der Waals surface area (Å²) in [5, 5.41) is 5.32. The lowest BCUT2D eigenvalue weighted by molar-refractivity contribution is 0.444. The fourth-order valence-electron chi connectivity index (χ4n) is 14.1. The molecule has 16 rings (SSSR count). The van der Waals surface area contributed by atoms with Crippen LogP contribution in [0, 0.1) is 0 Å². The lowest BCUT2D eigenvalue weighted by Crippen LogP contribution is -2.59. The Hall–Kier alpha value is -8.35. The number of aromatic nitrogens is 5. The van der Waals surface area contributed by atoms with Crippen LogP contribution in [0.4, 0.5) is 0 Å². The predicted octanol–water partition coefficient (Wildman–Crippen LogP) is 15.6. The van der Waals surface area contributed by atoms with Gasteiger partial charge in [-0.2, -0.15) is 0 Å². The highest BCUT2D eigenvalue weighted by Gasteiger charge is 2.43. The quantitative estimate of drug-likeness (QED) is 0.150. The molecule has 0 saturated heterocycles. The molecule has 0 N–H and O–H groups in total. The van der Waals surface area contributed by atoms with Crippen LogP contribution in [0.1, 0.15) is 87.2 Å². The van der Waals surface area contributed by atoms with Crippen LogP contribution in [0.5, 0.6) is 0 Å². The van der Waals surface area contributed by atoms with Crippen LogP contribution in [0.3, 0.4) is 0 Å². The summed E-state index contributed by atoms with van der Waals surface area (Å²) in [5.41, 5.74) is 22.6. The minimum absolute atomic E-state index is 0.00932. The van der Waals surface area contributed by atoms with Gasteiger partial charge in [0.15, 0.2) is 17.5 Å². The average molecular weight is 964 g/mol. The highest BCUT2D eigenvalue weighted by atomic mass is 15.1. The molecule has 12 aromatic rings. The number of fused-ring (bicyclic) bond motifs is 10. The Morgan fingerprint density at radius 3 is 1.13 bits per heavy atom. The number of nitrogens with zero attached hydrogens (tertiary/aromatic N) is 5. The molecule has 0 bridgehead atoms. The van der Waals surface area contributed by atoms with Gasteiger partial charge < -0.3 is 9.13 Å². The highest BCUT2D eigenvalue weighted by molar-refractivity contribution is 7.00. The van der Waals surface area contributed by atoms with Gasteiger partial charge in [0, 0.05) is 60.6 Å². The summed E-state index contributed by atoms with van der Waals surface area (Å²) in [5.74, 6) is 3.07. The number of benzene rings is 9. The van der Waals surface area contributed by atoms with Gasteiger partial charge in [-0.25, -0.2) is 15.0 Å². The second-order valence-electron chi connectivity index (χ2n) is 21.9. The SMILES string of the molecule is c1ccc(-c2ccc3c(c2)c2cc(C4CCCCC4)cc4c2n3-c2cc(-c3nc(-c5ccccc5)nc(-c5ccccc5)n3)cc3c2B4c2cc(C4CCCCC4)cc4c5cc(-c6ccccc6)ccc5n-3c24)cc1. The summed E-state index contributed by atoms with van der Waals surface area (Å²) in [6.07, 6.45) is 12.8. The van der Waals surface area contributed by atoms with Gasteiger partial charge in [0.05, 0.1) is 11.0 Å². The number of rotatable bonds is 7. The van der Waals surface area contributed by atoms with Gasteiger partial charge >= 0.3 is 0 Å². The lowest BCUT2D eigenvalue weighted by Gasteiger charge is -2.35. The third-order valence-electron chi connectivity index (χ3n) is 17.7. The summed E-state index contributed by atoms with van der Waals surface area (Å²) < 4.78 is 5.28. The van der Waals surface area contributed by atoms with Crippen LogP contribution in [0.2, 0.25) is 0 Å². The first kappa shape index (κ1) is 43.1. The van der Waals surface area contributed by atoms with E-state index < -0.39 is 0 Å². The summed E-state index contributed by atoms with van der Waals surface area (Å²) in [6, 6.07) is 72.5. The second kappa shape index (κ2) is 17.1. The zero-order valence-corrected chi connectivity index (χ0v) is 42.0. The molecule has 9 aromatic carbocycles. The maximum Gasteiger partial charge on any atom is 0.252 e. The van der Waals surface area contributed by atoms with E-state index in [9.17, 15) is 0 Å². The summed E-state index contributed by atoms with van der Waals surface area (Å²) in [7, 11) is 0. The first-order valence-corrected chi connectivity index (χ1v) is 27.6. The molecule has 358 valence electrons. The maximum atomic E-state index is 5.42. The van der Waals surface area contributed by atoms with Gasteiger partial charge in [-0.3, -0.25) is 0 Å². The molecule has 2 saturated carbocycles. The minimum atomic E-state index is 0.00932. The number of hydrogen-bond acceptors (Lipinski definition) is 3. The topological polar surface area (TPSA) is 48.5 Å². The largest absolute Gasteiger partial charge is 0.310 e. The van der Waals surface area contributed by atoms with Crippen molar-refractivity contribution in [3.63, 3.8) is 0 Å². The Morgan fingerprint density at radius 1 is 0.333 bits per heavy atom. The van der Waals surface area contributed by atoms with Gasteiger partial charge in [0.25, 0.3) is 6.71 Å². The zero-order chi connectivity index (χ0) is 49.1. The molecule has 0 spiro atoms. The van der Waals surface area contributed by atoms with Crippen molar-refractivity contribution in [1.82, 2.24) is 24.1 Å². The molecule has 2 fully saturated rings. The van der Waals surface area contributed by atoms with Crippen molar-refractivity contribution in [1.29, 1.82) is 0 Å². The maximum absolute atomic E-state index is 5.42. The fourth-order valence-corrected chi connectivity index (χ4v) is 14.1. The van der Waals surface area contributed by atoms with Crippen molar-refractivity contribution in [2.24, 2.45) is 0 Å². The molecule has 3 aromatic heterocycles. The molecule has 6 heteroatoms. The Labute approximate surface area is 437 Å². The Bertz CT molecular complexity index is 3980. The first-order valence-electron chi connectivity index (χ1n) is 27.6. The average Bonchev–Trinajstić information content (AvgIpc) is 4.04. The summed E-state index contributed by atoms with van der Waals surface area (Å²) in [6.45, 7) is 0.00932. The molecule has 0 amide bonds. The summed E-state index contributed by atoms with van der Waals surface area (Å²) >= 11 is 0. The standard InChI is InChI=1S/C69H54BN5/c1-7-19-43(20-8-1)49-31-33-60-54(35-49)56-37-51(45-23-11-3-12-24-45)39-58-65(56)74(60)62-41-53(69-72-67(47-27-15-5-16-28-47)71-68(73-69)48-29-17-6-18-30-48)42-63-64(62)70(58)59-40-52(46-25-13-4-14-26-46)38-57-55-36-50(44-21-9-2-10-22-44)32-34-61(55)75(63)66(57)59/h1-2,5-10,15-22,27-42,45-46H,3-4,11-14,23-26H2. The molecular formula is C69H54BN5. The van der Waals surface area contributed by atoms with E-state index in [2.05, 4.69) is 203 Å². The van der Waals surface area contributed by atoms with E-state index in [-0.39, 0.29) is 6.71 Å². The minimum Gasteiger partial charge on any atom is -0.310 e. The molecule has 2 aliphatic carbocycles. The molecule has 4 aliphatic rings. The Morgan fingerprint density at radius 2 is 0.720 bits per heavy atom. The van der Waals surface area contributed by atoms with Gasteiger partial charge in [-0.15, -0.1) is 0 Å². The third kappa shape index (κ3) is 6.81. The molecule has 0 radical (unpaired) electrons. The van der Waals surface area contributed by atoms with E-state index in [0.29, 0.717) is 29.3 Å². The molecule has 5 heterocycles. The van der Waals surface area contributed by atoms with E-state index in [1.807, 2.05) is 0 Å². The van der Waals surface area contributed by atoms with Gasteiger partial charge in [-0.1, -0.05) is 184 Å². The molecule has 2 aliphatic heterocycles. The van der Waals surface area contributed by atoms with E-state index in [0.717, 1.165) is 16.7 Å². The van der Waals surface area contributed by atoms with E-state index in [4.69, 9.17) is 15.0 Å². The van der Waals surface area contributed by atoms with Crippen molar-refractivity contribution in [2.45, 2.75) is 76.0 Å². The zero-order valence-electron chi connectivity index (χ0n) is 42.0. The molecule has 0 atom stereocenters. The van der Waals surface area contributed by atoms with Gasteiger partial charge in [0.1, 0.15) is 0 Å². The van der Waals surface area contributed by atoms with Crippen molar-refractivity contribution in [3.8, 4) is 67.8 Å². The van der Waals surface area contributed by atoms with Crippen LogP contribution in [0.25, 0.3) is 111 Å². The predicted molar refractivity (Wildman–Crippen MR) is 312 cm³/mol. The second-order valence-corrected chi connectivity index (χ2v) is 21.9. The van der Waals surface area contributed by atoms with Crippen LogP contribution >= 0.6 is 0 Å². The van der Waals surface area contributed by atoms with E-state index in [1.165, 1.54) is 169 Å². The normalized spacial score (nSPS) is 15.3. The monoisotopic (exact) mass is 963 g/mol. The first-order chi connectivity index (χ1) is 37.2. The number of hydrogen-bond donors (Lipinski definition) is 0. The van der Waals surface area contributed by atoms with Gasteiger partial charge in [-0.05, 0) is 136 Å². The van der Waals surface area contributed by atoms with Crippen molar-refractivity contribution >= 4 is 66.7 Å². The van der Waals surface area contributed by atoms with Crippen LogP contribution in [-0.2, 0) is 0 Å². The van der Waals surface area contributed by atoms with Crippen molar-refractivity contribution in [2.75, 3.05) is 0 Å². The highest BCUT2D eigenvalue weighted by Crippen LogP contribution is 2.45. The van der Waals surface area contributed by atoms with E-state index in [1.54, 1.807) is 0 Å². The summed E-state index contributed by atoms with van der Waals surface area (Å²) in [4.78, 5) is 16.0. The fraction of sp³-hybridized carbons (Fsp3) is 0.174.